The van der Waals surface area contributed by atoms with Crippen LogP contribution in [-0.4, -0.2) is 24.2 Å². The summed E-state index contributed by atoms with van der Waals surface area (Å²) < 4.78 is 4.71. The predicted molar refractivity (Wildman–Crippen MR) is 52.0 cm³/mol. The quantitative estimate of drug-likeness (QED) is 0.547. The average Bonchev–Trinajstić information content (AvgIpc) is 2.75. The predicted octanol–water partition coefficient (Wildman–Crippen LogP) is 1.07. The summed E-state index contributed by atoms with van der Waals surface area (Å²) >= 11 is 0. The Hall–Kier alpha value is -1.32. The van der Waals surface area contributed by atoms with E-state index in [4.69, 9.17) is 9.84 Å². The Balaban J connectivity index is 2.19. The smallest absolute Gasteiger partial charge is 0.308 e. The summed E-state index contributed by atoms with van der Waals surface area (Å²) in [6.07, 6.45) is 5.13. The van der Waals surface area contributed by atoms with Crippen LogP contribution in [0.25, 0.3) is 0 Å². The zero-order valence-electron chi connectivity index (χ0n) is 8.55. The molecule has 4 nitrogen and oxygen atoms in total. The number of methoxy groups -OCH3 is 1. The van der Waals surface area contributed by atoms with Crippen LogP contribution in [-0.2, 0) is 14.3 Å². The fourth-order valence-electron chi connectivity index (χ4n) is 2.85. The van der Waals surface area contributed by atoms with E-state index in [1.165, 1.54) is 7.11 Å². The molecule has 82 valence electrons. The molecule has 0 aromatic heterocycles. The molecule has 0 unspecified atom stereocenters. The molecule has 15 heavy (non-hydrogen) atoms. The van der Waals surface area contributed by atoms with Gasteiger partial charge in [-0.25, -0.2) is 0 Å². The summed E-state index contributed by atoms with van der Waals surface area (Å²) in [5.74, 6) is -1.57. The molecule has 2 rings (SSSR count). The maximum absolute atomic E-state index is 11.5. The lowest BCUT2D eigenvalue weighted by Crippen LogP contribution is -2.21. The van der Waals surface area contributed by atoms with E-state index in [0.29, 0.717) is 6.42 Å². The second kappa shape index (κ2) is 3.68. The number of aliphatic carboxylic acids is 1. The first-order chi connectivity index (χ1) is 7.15. The molecule has 0 spiro atoms. The van der Waals surface area contributed by atoms with E-state index >= 15 is 0 Å². The number of hydrogen-bond acceptors (Lipinski definition) is 3. The second-order valence-electron chi connectivity index (χ2n) is 4.22. The zero-order valence-corrected chi connectivity index (χ0v) is 8.55. The molecule has 1 N–H and O–H groups in total. The van der Waals surface area contributed by atoms with Crippen molar-refractivity contribution in [1.82, 2.24) is 0 Å². The van der Waals surface area contributed by atoms with Gasteiger partial charge in [-0.3, -0.25) is 9.59 Å². The summed E-state index contributed by atoms with van der Waals surface area (Å²) in [6.45, 7) is 0. The van der Waals surface area contributed by atoms with Crippen molar-refractivity contribution in [2.75, 3.05) is 7.11 Å². The van der Waals surface area contributed by atoms with Crippen molar-refractivity contribution in [3.8, 4) is 0 Å². The van der Waals surface area contributed by atoms with E-state index in [-0.39, 0.29) is 23.7 Å². The molecule has 2 aliphatic rings. The van der Waals surface area contributed by atoms with Gasteiger partial charge in [-0.05, 0) is 24.7 Å². The first-order valence-corrected chi connectivity index (χ1v) is 5.12. The van der Waals surface area contributed by atoms with Gasteiger partial charge in [0.1, 0.15) is 0 Å². The molecule has 0 aliphatic heterocycles. The Kier molecular flexibility index (Phi) is 2.50. The van der Waals surface area contributed by atoms with Gasteiger partial charge in [-0.15, -0.1) is 0 Å². The number of esters is 1. The van der Waals surface area contributed by atoms with Crippen LogP contribution in [0.2, 0.25) is 0 Å². The number of allylic oxidation sites excluding steroid dienone is 2. The van der Waals surface area contributed by atoms with E-state index in [1.807, 2.05) is 12.2 Å². The van der Waals surface area contributed by atoms with Crippen LogP contribution in [0, 0.1) is 23.7 Å². The van der Waals surface area contributed by atoms with Gasteiger partial charge in [0.15, 0.2) is 0 Å². The molecule has 4 atom stereocenters. The molecule has 0 aromatic rings. The Morgan fingerprint density at radius 2 is 2.13 bits per heavy atom. The lowest BCUT2D eigenvalue weighted by atomic mass is 9.90. The van der Waals surface area contributed by atoms with Crippen LogP contribution in [0.5, 0.6) is 0 Å². The van der Waals surface area contributed by atoms with Crippen LogP contribution in [0.15, 0.2) is 12.2 Å². The SMILES string of the molecule is COC(=O)[C@@H]1C[C@H](C(=O)O)[C@@H]2C=CC[C@@H]21. The van der Waals surface area contributed by atoms with Crippen molar-refractivity contribution >= 4 is 11.9 Å². The number of ether oxygens (including phenoxy) is 1. The molecule has 0 aromatic carbocycles. The maximum atomic E-state index is 11.5. The Bertz CT molecular complexity index is 321. The highest BCUT2D eigenvalue weighted by Gasteiger charge is 2.49. The molecule has 4 heteroatoms. The maximum Gasteiger partial charge on any atom is 0.308 e. The van der Waals surface area contributed by atoms with E-state index in [9.17, 15) is 9.59 Å². The number of carboxylic acids is 1. The highest BCUT2D eigenvalue weighted by molar-refractivity contribution is 5.77. The molecule has 1 saturated carbocycles. The number of carbonyl (C=O) groups excluding carboxylic acids is 1. The monoisotopic (exact) mass is 210 g/mol. The van der Waals surface area contributed by atoms with Crippen molar-refractivity contribution in [2.45, 2.75) is 12.8 Å². The summed E-state index contributed by atoms with van der Waals surface area (Å²) in [5, 5.41) is 9.05. The number of fused-ring (bicyclic) bond motifs is 1. The average molecular weight is 210 g/mol. The third-order valence-electron chi connectivity index (χ3n) is 3.57. The van der Waals surface area contributed by atoms with Crippen LogP contribution >= 0.6 is 0 Å². The Morgan fingerprint density at radius 3 is 2.73 bits per heavy atom. The summed E-state index contributed by atoms with van der Waals surface area (Å²) in [4.78, 5) is 22.5. The Morgan fingerprint density at radius 1 is 1.40 bits per heavy atom. The van der Waals surface area contributed by atoms with E-state index in [0.717, 1.165) is 6.42 Å². The van der Waals surface area contributed by atoms with Crippen LogP contribution < -0.4 is 0 Å². The third-order valence-corrected chi connectivity index (χ3v) is 3.57. The highest BCUT2D eigenvalue weighted by atomic mass is 16.5. The minimum absolute atomic E-state index is 0.0200. The van der Waals surface area contributed by atoms with Gasteiger partial charge in [0.25, 0.3) is 0 Å². The highest BCUT2D eigenvalue weighted by Crippen LogP contribution is 2.48. The molecule has 0 bridgehead atoms. The molecule has 0 radical (unpaired) electrons. The summed E-state index contributed by atoms with van der Waals surface area (Å²) in [5.41, 5.74) is 0. The minimum atomic E-state index is -0.803. The lowest BCUT2D eigenvalue weighted by molar-refractivity contribution is -0.146. The van der Waals surface area contributed by atoms with Gasteiger partial charge in [0.2, 0.25) is 0 Å². The van der Waals surface area contributed by atoms with Gasteiger partial charge in [0, 0.05) is 0 Å². The number of rotatable bonds is 2. The van der Waals surface area contributed by atoms with Crippen LogP contribution in [0.4, 0.5) is 0 Å². The largest absolute Gasteiger partial charge is 0.481 e. The van der Waals surface area contributed by atoms with E-state index < -0.39 is 11.9 Å². The number of hydrogen-bond donors (Lipinski definition) is 1. The lowest BCUT2D eigenvalue weighted by Gasteiger charge is -2.15. The fraction of sp³-hybridized carbons (Fsp3) is 0.636. The van der Waals surface area contributed by atoms with Crippen molar-refractivity contribution in [3.63, 3.8) is 0 Å². The first-order valence-electron chi connectivity index (χ1n) is 5.12. The van der Waals surface area contributed by atoms with Crippen LogP contribution in [0.1, 0.15) is 12.8 Å². The molecule has 0 heterocycles. The first kappa shape index (κ1) is 10.2. The van der Waals surface area contributed by atoms with Gasteiger partial charge < -0.3 is 9.84 Å². The van der Waals surface area contributed by atoms with Gasteiger partial charge in [-0.1, -0.05) is 12.2 Å². The molecular formula is C11H14O4. The van der Waals surface area contributed by atoms with Gasteiger partial charge in [-0.2, -0.15) is 0 Å². The molecular weight excluding hydrogens is 196 g/mol. The van der Waals surface area contributed by atoms with Crippen molar-refractivity contribution in [3.05, 3.63) is 12.2 Å². The third kappa shape index (κ3) is 1.54. The van der Waals surface area contributed by atoms with Gasteiger partial charge >= 0.3 is 11.9 Å². The normalized spacial score (nSPS) is 37.7. The summed E-state index contributed by atoms with van der Waals surface area (Å²) in [7, 11) is 1.35. The minimum Gasteiger partial charge on any atom is -0.481 e. The summed E-state index contributed by atoms with van der Waals surface area (Å²) in [6, 6.07) is 0. The molecule has 1 fully saturated rings. The van der Waals surface area contributed by atoms with E-state index in [1.54, 1.807) is 0 Å². The fourth-order valence-corrected chi connectivity index (χ4v) is 2.85. The molecule has 0 amide bonds. The van der Waals surface area contributed by atoms with Crippen molar-refractivity contribution in [1.29, 1.82) is 0 Å². The van der Waals surface area contributed by atoms with Crippen molar-refractivity contribution in [2.24, 2.45) is 23.7 Å². The van der Waals surface area contributed by atoms with Gasteiger partial charge in [0.05, 0.1) is 18.9 Å². The second-order valence-corrected chi connectivity index (χ2v) is 4.22. The van der Waals surface area contributed by atoms with Crippen LogP contribution in [0.3, 0.4) is 0 Å². The van der Waals surface area contributed by atoms with E-state index in [2.05, 4.69) is 0 Å². The molecule has 0 saturated heterocycles. The van der Waals surface area contributed by atoms with Crippen molar-refractivity contribution < 1.29 is 19.4 Å². The number of carbonyl (C=O) groups is 2. The zero-order chi connectivity index (χ0) is 11.0. The number of carboxylic acid groups (broad SMARTS) is 1. The molecule has 2 aliphatic carbocycles. The standard InChI is InChI=1S/C11H14O4/c1-15-11(14)9-5-8(10(12)13)6-3-2-4-7(6)9/h2-3,6-9H,4-5H2,1H3,(H,12,13)/t6-,7+,8+,9-/m1/s1. The topological polar surface area (TPSA) is 63.6 Å². The Labute approximate surface area is 87.9 Å².